The number of benzene rings is 3. The Morgan fingerprint density at radius 2 is 1.09 bits per heavy atom. The summed E-state index contributed by atoms with van der Waals surface area (Å²) in [6.45, 7) is 7.56. The number of aliphatic carboxylic acids is 4. The zero-order chi connectivity index (χ0) is 38.5. The van der Waals surface area contributed by atoms with Crippen LogP contribution in [-0.2, 0) is 19.2 Å². The summed E-state index contributed by atoms with van der Waals surface area (Å²) in [5, 5.41) is 40.1. The Morgan fingerprint density at radius 1 is 0.660 bits per heavy atom. The summed E-state index contributed by atoms with van der Waals surface area (Å²) in [4.78, 5) is 55.8. The molecule has 0 saturated carbocycles. The van der Waals surface area contributed by atoms with Crippen molar-refractivity contribution in [2.75, 3.05) is 52.5 Å². The van der Waals surface area contributed by atoms with Gasteiger partial charge in [-0.05, 0) is 112 Å². The Bertz CT molecular complexity index is 1850. The van der Waals surface area contributed by atoms with Crippen LogP contribution in [0.5, 0.6) is 17.2 Å². The lowest BCUT2D eigenvalue weighted by Crippen LogP contribution is -2.25. The third-order valence-corrected chi connectivity index (χ3v) is 9.53. The first kappa shape index (κ1) is 40.2. The quantitative estimate of drug-likeness (QED) is 0.102. The van der Waals surface area contributed by atoms with Crippen molar-refractivity contribution in [1.29, 1.82) is 0 Å². The third kappa shape index (κ3) is 11.7. The van der Waals surface area contributed by atoms with E-state index in [1.807, 2.05) is 36.4 Å². The Balaban J connectivity index is 0.000000453. The first-order valence-electron chi connectivity index (χ1n) is 16.7. The molecule has 16 heteroatoms. The molecule has 1 aromatic heterocycles. The molecular weight excluding hydrogens is 715 g/mol. The van der Waals surface area contributed by atoms with Gasteiger partial charge in [0.1, 0.15) is 24.7 Å². The molecule has 4 aromatic rings. The lowest BCUT2D eigenvalue weighted by atomic mass is 9.97. The van der Waals surface area contributed by atoms with Crippen molar-refractivity contribution in [3.63, 3.8) is 0 Å². The van der Waals surface area contributed by atoms with Gasteiger partial charge in [-0.2, -0.15) is 0 Å². The number of rotatable bonds is 11. The number of carbonyl (C=O) groups excluding carboxylic acids is 1. The fraction of sp³-hybridized carbons (Fsp3) is 0.324. The van der Waals surface area contributed by atoms with E-state index in [1.165, 1.54) is 49.2 Å². The first-order chi connectivity index (χ1) is 25.3. The number of hydrogen-bond donors (Lipinski definition) is 5. The summed E-state index contributed by atoms with van der Waals surface area (Å²) in [5.74, 6) is -7.19. The molecule has 282 valence electrons. The first-order valence-corrected chi connectivity index (χ1v) is 17.5. The Labute approximate surface area is 307 Å². The van der Waals surface area contributed by atoms with Crippen LogP contribution in [-0.4, -0.2) is 117 Å². The van der Waals surface area contributed by atoms with Gasteiger partial charge in [0.2, 0.25) is 0 Å². The van der Waals surface area contributed by atoms with Gasteiger partial charge in [0.15, 0.2) is 17.3 Å². The number of aromatic hydroxyl groups is 1. The number of ether oxygens (including phenoxy) is 2. The molecule has 6 rings (SSSR count). The van der Waals surface area contributed by atoms with Crippen molar-refractivity contribution >= 4 is 51.1 Å². The van der Waals surface area contributed by atoms with E-state index in [4.69, 9.17) is 49.1 Å². The Morgan fingerprint density at radius 3 is 1.53 bits per heavy atom. The van der Waals surface area contributed by atoms with E-state index in [2.05, 4.69) is 9.80 Å². The zero-order valence-electron chi connectivity index (χ0n) is 28.5. The number of halogens is 1. The van der Waals surface area contributed by atoms with Gasteiger partial charge in [0.05, 0.1) is 0 Å². The van der Waals surface area contributed by atoms with E-state index in [0.717, 1.165) is 55.5 Å². The molecule has 3 aromatic carbocycles. The highest BCUT2D eigenvalue weighted by Gasteiger charge is 2.23. The number of carbonyl (C=O) groups is 5. The molecule has 0 unspecified atom stereocenters. The van der Waals surface area contributed by atoms with Gasteiger partial charge in [-0.15, -0.1) is 11.3 Å². The fourth-order valence-corrected chi connectivity index (χ4v) is 6.90. The lowest BCUT2D eigenvalue weighted by molar-refractivity contribution is -0.159. The van der Waals surface area contributed by atoms with E-state index < -0.39 is 35.4 Å². The van der Waals surface area contributed by atoms with Crippen LogP contribution in [0.1, 0.15) is 41.6 Å². The standard InChI is InChI=1S/C33H35FN2O4S.2C2H2O4/c34-28-21-27-30(22-29(28)37)41-33(24-7-11-26(12-8-24)40-20-18-36-15-3-4-16-36)31(27)32(38)23-5-9-25(10-6-23)39-19-17-35-13-1-2-14-35;2*3-1(4)2(5)6/h5-12,21-22,37H,1-4,13-20H2;2*(H,3,4)(H,5,6). The van der Waals surface area contributed by atoms with Gasteiger partial charge in [-0.1, -0.05) is 0 Å². The highest BCUT2D eigenvalue weighted by atomic mass is 32.1. The normalized spacial score (nSPS) is 14.1. The molecule has 14 nitrogen and oxygen atoms in total. The van der Waals surface area contributed by atoms with Crippen molar-refractivity contribution in [3.05, 3.63) is 77.6 Å². The van der Waals surface area contributed by atoms with E-state index in [0.29, 0.717) is 40.2 Å². The van der Waals surface area contributed by atoms with Crippen molar-refractivity contribution in [3.8, 4) is 27.7 Å². The fourth-order valence-electron chi connectivity index (χ4n) is 5.68. The van der Waals surface area contributed by atoms with Crippen LogP contribution in [0.3, 0.4) is 0 Å². The number of phenols is 1. The summed E-state index contributed by atoms with van der Waals surface area (Å²) in [5.41, 5.74) is 1.76. The molecule has 5 N–H and O–H groups in total. The topological polar surface area (TPSA) is 211 Å². The largest absolute Gasteiger partial charge is 0.505 e. The van der Waals surface area contributed by atoms with Crippen LogP contribution in [0, 0.1) is 5.82 Å². The maximum absolute atomic E-state index is 14.5. The van der Waals surface area contributed by atoms with Gasteiger partial charge in [-0.25, -0.2) is 23.6 Å². The number of fused-ring (bicyclic) bond motifs is 1. The second kappa shape index (κ2) is 19.3. The molecule has 2 fully saturated rings. The van der Waals surface area contributed by atoms with E-state index >= 15 is 0 Å². The summed E-state index contributed by atoms with van der Waals surface area (Å²) in [7, 11) is 0. The molecular formula is C37H39FN2O12S. The molecule has 2 aliphatic heterocycles. The molecule has 0 radical (unpaired) electrons. The maximum atomic E-state index is 14.5. The van der Waals surface area contributed by atoms with Crippen LogP contribution in [0.15, 0.2) is 60.7 Å². The minimum atomic E-state index is -1.82. The highest BCUT2D eigenvalue weighted by molar-refractivity contribution is 7.22. The predicted octanol–water partition coefficient (Wildman–Crippen LogP) is 4.90. The summed E-state index contributed by atoms with van der Waals surface area (Å²) in [6.07, 6.45) is 5.00. The summed E-state index contributed by atoms with van der Waals surface area (Å²) >= 11 is 1.37. The number of carboxylic acid groups (broad SMARTS) is 4. The molecule has 53 heavy (non-hydrogen) atoms. The van der Waals surface area contributed by atoms with Crippen molar-refractivity contribution in [1.82, 2.24) is 9.80 Å². The summed E-state index contributed by atoms with van der Waals surface area (Å²) < 4.78 is 27.0. The number of carboxylic acids is 4. The number of nitrogens with zero attached hydrogens (tertiary/aromatic N) is 2. The van der Waals surface area contributed by atoms with Crippen LogP contribution in [0.2, 0.25) is 0 Å². The Kier molecular flexibility index (Phi) is 14.6. The van der Waals surface area contributed by atoms with Crippen LogP contribution >= 0.6 is 11.3 Å². The molecule has 0 bridgehead atoms. The monoisotopic (exact) mass is 754 g/mol. The van der Waals surface area contributed by atoms with Crippen LogP contribution < -0.4 is 9.47 Å². The second-order valence-electron chi connectivity index (χ2n) is 12.0. The minimum Gasteiger partial charge on any atom is -0.505 e. The van der Waals surface area contributed by atoms with Gasteiger partial charge in [-0.3, -0.25) is 14.6 Å². The Hall–Kier alpha value is -5.58. The predicted molar refractivity (Wildman–Crippen MR) is 192 cm³/mol. The maximum Gasteiger partial charge on any atom is 0.414 e. The van der Waals surface area contributed by atoms with Crippen molar-refractivity contribution in [2.24, 2.45) is 0 Å². The summed E-state index contributed by atoms with van der Waals surface area (Å²) in [6, 6.07) is 17.5. The van der Waals surface area contributed by atoms with E-state index in [9.17, 15) is 14.3 Å². The molecule has 0 amide bonds. The molecule has 0 atom stereocenters. The smallest absolute Gasteiger partial charge is 0.414 e. The van der Waals surface area contributed by atoms with Gasteiger partial charge < -0.3 is 35.0 Å². The molecule has 2 aliphatic rings. The van der Waals surface area contributed by atoms with E-state index in [-0.39, 0.29) is 5.78 Å². The highest BCUT2D eigenvalue weighted by Crippen LogP contribution is 2.42. The van der Waals surface area contributed by atoms with Crippen LogP contribution in [0.4, 0.5) is 4.39 Å². The number of thiophene rings is 1. The molecule has 2 saturated heterocycles. The minimum absolute atomic E-state index is 0.203. The molecule has 0 aliphatic carbocycles. The second-order valence-corrected chi connectivity index (χ2v) is 13.1. The number of ketones is 1. The van der Waals surface area contributed by atoms with Crippen molar-refractivity contribution in [2.45, 2.75) is 25.7 Å². The third-order valence-electron chi connectivity index (χ3n) is 8.33. The van der Waals surface area contributed by atoms with Crippen LogP contribution in [0.25, 0.3) is 20.5 Å². The SMILES string of the molecule is O=C(O)C(=O)O.O=C(O)C(=O)O.O=C(c1ccc(OCCN2CCCC2)cc1)c1c(-c2ccc(OCCN3CCCC3)cc2)sc2cc(O)c(F)cc12. The zero-order valence-corrected chi connectivity index (χ0v) is 29.3. The van der Waals surface area contributed by atoms with Gasteiger partial charge in [0, 0.05) is 45.2 Å². The van der Waals surface area contributed by atoms with E-state index in [1.54, 1.807) is 12.1 Å². The lowest BCUT2D eigenvalue weighted by Gasteiger charge is -2.15. The molecule has 3 heterocycles. The number of hydrogen-bond acceptors (Lipinski definition) is 11. The molecule has 0 spiro atoms. The average Bonchev–Trinajstić information content (AvgIpc) is 3.92. The number of likely N-dealkylation sites (tertiary alicyclic amines) is 2. The van der Waals surface area contributed by atoms with Gasteiger partial charge >= 0.3 is 23.9 Å². The number of phenolic OH excluding ortho intramolecular Hbond substituents is 1. The van der Waals surface area contributed by atoms with Crippen molar-refractivity contribution < 1.29 is 63.4 Å². The average molecular weight is 755 g/mol. The van der Waals surface area contributed by atoms with Gasteiger partial charge in [0.25, 0.3) is 0 Å².